The molecule has 6 heteroatoms. The maximum absolute atomic E-state index is 10.9. The van der Waals surface area contributed by atoms with Gasteiger partial charge in [-0.2, -0.15) is 0 Å². The molecular weight excluding hydrogens is 452 g/mol. The molecule has 0 fully saturated rings. The average Bonchev–Trinajstić information content (AvgIpc) is 2.82. The molecule has 0 bridgehead atoms. The molecule has 0 aliphatic carbocycles. The summed E-state index contributed by atoms with van der Waals surface area (Å²) in [6.07, 6.45) is 0.564. The Labute approximate surface area is 203 Å². The highest BCUT2D eigenvalue weighted by Gasteiger charge is 2.13. The van der Waals surface area contributed by atoms with E-state index < -0.39 is 5.97 Å². The van der Waals surface area contributed by atoms with Gasteiger partial charge in [-0.05, 0) is 73.0 Å². The van der Waals surface area contributed by atoms with Gasteiger partial charge in [-0.25, -0.2) is 0 Å². The maximum Gasteiger partial charge on any atom is 0.303 e. The smallest absolute Gasteiger partial charge is 0.303 e. The molecule has 0 heterocycles. The number of carboxylic acids is 1. The zero-order valence-corrected chi connectivity index (χ0v) is 19.3. The van der Waals surface area contributed by atoms with Crippen LogP contribution in [0.5, 0.6) is 34.5 Å². The van der Waals surface area contributed by atoms with Crippen molar-refractivity contribution in [1.82, 2.24) is 0 Å². The summed E-state index contributed by atoms with van der Waals surface area (Å²) in [6.45, 7) is 1.94. The Hall–Kier alpha value is -3.96. The third-order valence-corrected chi connectivity index (χ3v) is 5.33. The number of hydrogen-bond acceptors (Lipinski definition) is 4. The van der Waals surface area contributed by atoms with Gasteiger partial charge >= 0.3 is 5.97 Å². The monoisotopic (exact) mass is 474 g/mol. The van der Waals surface area contributed by atoms with E-state index in [4.69, 9.17) is 30.9 Å². The van der Waals surface area contributed by atoms with E-state index in [1.54, 1.807) is 18.2 Å². The zero-order valence-electron chi connectivity index (χ0n) is 18.5. The molecule has 0 saturated carbocycles. The van der Waals surface area contributed by atoms with Crippen molar-refractivity contribution in [3.05, 3.63) is 107 Å². The van der Waals surface area contributed by atoms with E-state index in [2.05, 4.69) is 0 Å². The van der Waals surface area contributed by atoms with Crippen molar-refractivity contribution >= 4 is 17.6 Å². The lowest BCUT2D eigenvalue weighted by Crippen LogP contribution is -1.99. The van der Waals surface area contributed by atoms with Gasteiger partial charge in [-0.3, -0.25) is 4.79 Å². The molecule has 0 aliphatic rings. The first-order chi connectivity index (χ1) is 16.5. The average molecular weight is 475 g/mol. The number of aryl methyl sites for hydroxylation is 2. The number of halogens is 1. The first kappa shape index (κ1) is 23.2. The van der Waals surface area contributed by atoms with Crippen LogP contribution in [0.4, 0.5) is 0 Å². The lowest BCUT2D eigenvalue weighted by atomic mass is 10.0. The van der Waals surface area contributed by atoms with Crippen LogP contribution in [-0.2, 0) is 11.2 Å². The van der Waals surface area contributed by atoms with Gasteiger partial charge in [0.05, 0.1) is 0 Å². The molecule has 0 saturated heterocycles. The van der Waals surface area contributed by atoms with E-state index in [1.807, 2.05) is 79.7 Å². The number of ether oxygens (including phenoxy) is 3. The van der Waals surface area contributed by atoms with Gasteiger partial charge in [0.15, 0.2) is 23.0 Å². The predicted octanol–water partition coefficient (Wildman–Crippen LogP) is 8.04. The van der Waals surface area contributed by atoms with Crippen molar-refractivity contribution in [2.45, 2.75) is 19.8 Å². The molecule has 4 aromatic carbocycles. The number of benzene rings is 4. The molecule has 0 amide bonds. The second-order valence-electron chi connectivity index (χ2n) is 7.64. The summed E-state index contributed by atoms with van der Waals surface area (Å²) < 4.78 is 18.3. The SMILES string of the molecule is Cc1cc(Oc2ccccc2Oc2ccc(Cl)cc2Oc2ccccc2)ccc1CCC(=O)O. The van der Waals surface area contributed by atoms with Gasteiger partial charge in [-0.15, -0.1) is 0 Å². The van der Waals surface area contributed by atoms with E-state index in [0.717, 1.165) is 11.1 Å². The van der Waals surface area contributed by atoms with E-state index in [-0.39, 0.29) is 6.42 Å². The summed E-state index contributed by atoms with van der Waals surface area (Å²) in [5.41, 5.74) is 1.94. The van der Waals surface area contributed by atoms with Crippen molar-refractivity contribution in [1.29, 1.82) is 0 Å². The van der Waals surface area contributed by atoms with Crippen LogP contribution in [-0.4, -0.2) is 11.1 Å². The molecule has 0 radical (unpaired) electrons. The third kappa shape index (κ3) is 6.09. The molecule has 0 spiro atoms. The fourth-order valence-corrected chi connectivity index (χ4v) is 3.54. The quantitative estimate of drug-likeness (QED) is 0.266. The number of carbonyl (C=O) groups is 1. The largest absolute Gasteiger partial charge is 0.481 e. The van der Waals surface area contributed by atoms with Gasteiger partial charge in [-0.1, -0.05) is 48.0 Å². The van der Waals surface area contributed by atoms with Crippen LogP contribution < -0.4 is 14.2 Å². The second kappa shape index (κ2) is 10.8. The fourth-order valence-electron chi connectivity index (χ4n) is 3.38. The van der Waals surface area contributed by atoms with Crippen LogP contribution in [0.15, 0.2) is 91.0 Å². The summed E-state index contributed by atoms with van der Waals surface area (Å²) in [6, 6.07) is 27.5. The van der Waals surface area contributed by atoms with Gasteiger partial charge < -0.3 is 19.3 Å². The highest BCUT2D eigenvalue weighted by molar-refractivity contribution is 6.30. The standard InChI is InChI=1S/C28H23ClO5/c1-19-17-23(14-11-20(19)12-16-28(30)31)33-24-9-5-6-10-25(24)34-26-15-13-21(29)18-27(26)32-22-7-3-2-4-8-22/h2-11,13-15,17-18H,12,16H2,1H3,(H,30,31). The molecule has 1 N–H and O–H groups in total. The number of carboxylic acid groups (broad SMARTS) is 1. The van der Waals surface area contributed by atoms with Crippen LogP contribution in [0.3, 0.4) is 0 Å². The summed E-state index contributed by atoms with van der Waals surface area (Å²) in [4.78, 5) is 10.9. The van der Waals surface area contributed by atoms with Crippen molar-refractivity contribution in [3.63, 3.8) is 0 Å². The fraction of sp³-hybridized carbons (Fsp3) is 0.107. The normalized spacial score (nSPS) is 10.5. The first-order valence-electron chi connectivity index (χ1n) is 10.8. The van der Waals surface area contributed by atoms with Crippen LogP contribution >= 0.6 is 11.6 Å². The molecule has 0 aromatic heterocycles. The number of hydrogen-bond donors (Lipinski definition) is 1. The minimum absolute atomic E-state index is 0.0895. The first-order valence-corrected chi connectivity index (χ1v) is 11.1. The number of para-hydroxylation sites is 3. The molecule has 172 valence electrons. The number of aliphatic carboxylic acids is 1. The maximum atomic E-state index is 10.9. The topological polar surface area (TPSA) is 65.0 Å². The molecule has 0 unspecified atom stereocenters. The van der Waals surface area contributed by atoms with Gasteiger partial charge in [0, 0.05) is 17.5 Å². The Morgan fingerprint density at radius 1 is 0.735 bits per heavy atom. The molecule has 5 nitrogen and oxygen atoms in total. The number of rotatable bonds is 9. The van der Waals surface area contributed by atoms with Gasteiger partial charge in [0.25, 0.3) is 0 Å². The van der Waals surface area contributed by atoms with E-state index in [0.29, 0.717) is 45.9 Å². The van der Waals surface area contributed by atoms with Gasteiger partial charge in [0.2, 0.25) is 0 Å². The van der Waals surface area contributed by atoms with Crippen LogP contribution in [0.2, 0.25) is 5.02 Å². The summed E-state index contributed by atoms with van der Waals surface area (Å²) >= 11 is 6.20. The zero-order chi connectivity index (χ0) is 23.9. The Morgan fingerprint density at radius 3 is 2.09 bits per heavy atom. The Bertz CT molecular complexity index is 1290. The van der Waals surface area contributed by atoms with E-state index >= 15 is 0 Å². The lowest BCUT2D eigenvalue weighted by molar-refractivity contribution is -0.136. The Balaban J connectivity index is 1.56. The highest BCUT2D eigenvalue weighted by Crippen LogP contribution is 2.40. The third-order valence-electron chi connectivity index (χ3n) is 5.10. The Kier molecular flexibility index (Phi) is 7.35. The summed E-state index contributed by atoms with van der Waals surface area (Å²) in [5.74, 6) is 2.48. The minimum Gasteiger partial charge on any atom is -0.481 e. The molecule has 4 aromatic rings. The van der Waals surface area contributed by atoms with E-state index in [9.17, 15) is 4.79 Å². The van der Waals surface area contributed by atoms with E-state index in [1.165, 1.54) is 0 Å². The van der Waals surface area contributed by atoms with Crippen LogP contribution in [0.1, 0.15) is 17.5 Å². The van der Waals surface area contributed by atoms with Crippen molar-refractivity contribution < 1.29 is 24.1 Å². The van der Waals surface area contributed by atoms with Crippen molar-refractivity contribution in [2.75, 3.05) is 0 Å². The van der Waals surface area contributed by atoms with Crippen LogP contribution in [0, 0.1) is 6.92 Å². The predicted molar refractivity (Wildman–Crippen MR) is 132 cm³/mol. The Morgan fingerprint density at radius 2 is 1.38 bits per heavy atom. The van der Waals surface area contributed by atoms with Gasteiger partial charge in [0.1, 0.15) is 11.5 Å². The second-order valence-corrected chi connectivity index (χ2v) is 8.08. The summed E-state index contributed by atoms with van der Waals surface area (Å²) in [7, 11) is 0. The summed E-state index contributed by atoms with van der Waals surface area (Å²) in [5, 5.41) is 9.46. The highest BCUT2D eigenvalue weighted by atomic mass is 35.5. The molecule has 0 atom stereocenters. The van der Waals surface area contributed by atoms with Crippen LogP contribution in [0.25, 0.3) is 0 Å². The minimum atomic E-state index is -0.816. The van der Waals surface area contributed by atoms with Crippen molar-refractivity contribution in [2.24, 2.45) is 0 Å². The molecule has 34 heavy (non-hydrogen) atoms. The molecular formula is C28H23ClO5. The van der Waals surface area contributed by atoms with Crippen molar-refractivity contribution in [3.8, 4) is 34.5 Å². The lowest BCUT2D eigenvalue weighted by Gasteiger charge is -2.16. The molecule has 0 aliphatic heterocycles. The molecule has 4 rings (SSSR count).